The monoisotopic (exact) mass is 223 g/mol. The summed E-state index contributed by atoms with van der Waals surface area (Å²) in [6, 6.07) is 4.73. The first-order valence-electron chi connectivity index (χ1n) is 5.81. The van der Waals surface area contributed by atoms with Crippen molar-refractivity contribution in [3.05, 3.63) is 29.6 Å². The zero-order chi connectivity index (χ0) is 11.5. The molecule has 0 aliphatic carbocycles. The molecule has 1 heterocycles. The molecule has 2 nitrogen and oxygen atoms in total. The largest absolute Gasteiger partial charge is 0.488 e. The third kappa shape index (κ3) is 2.73. The summed E-state index contributed by atoms with van der Waals surface area (Å²) >= 11 is 0. The van der Waals surface area contributed by atoms with E-state index in [0.29, 0.717) is 5.92 Å². The molecule has 1 aromatic carbocycles. The van der Waals surface area contributed by atoms with Gasteiger partial charge in [-0.25, -0.2) is 4.39 Å². The highest BCUT2D eigenvalue weighted by atomic mass is 19.1. The van der Waals surface area contributed by atoms with Crippen LogP contribution < -0.4 is 10.1 Å². The second kappa shape index (κ2) is 4.83. The van der Waals surface area contributed by atoms with Crippen molar-refractivity contribution >= 4 is 0 Å². The van der Waals surface area contributed by atoms with Gasteiger partial charge in [0.05, 0.1) is 0 Å². The van der Waals surface area contributed by atoms with Gasteiger partial charge in [-0.1, -0.05) is 13.8 Å². The third-order valence-corrected chi connectivity index (χ3v) is 2.69. The van der Waals surface area contributed by atoms with E-state index in [1.54, 1.807) is 12.1 Å². The zero-order valence-electron chi connectivity index (χ0n) is 9.79. The molecule has 1 aliphatic heterocycles. The maximum Gasteiger partial charge on any atom is 0.123 e. The molecule has 0 saturated carbocycles. The lowest BCUT2D eigenvalue weighted by Gasteiger charge is -2.12. The van der Waals surface area contributed by atoms with Gasteiger partial charge in [-0.2, -0.15) is 0 Å². The molecule has 88 valence electrons. The predicted octanol–water partition coefficient (Wildman–Crippen LogP) is 2.37. The molecule has 0 bridgehead atoms. The Labute approximate surface area is 95.8 Å². The molecule has 3 heteroatoms. The van der Waals surface area contributed by atoms with Gasteiger partial charge in [-0.3, -0.25) is 0 Å². The minimum atomic E-state index is -0.182. The molecule has 0 saturated heterocycles. The van der Waals surface area contributed by atoms with Crippen LogP contribution in [0.3, 0.4) is 0 Å². The Kier molecular flexibility index (Phi) is 3.44. The van der Waals surface area contributed by atoms with E-state index in [0.717, 1.165) is 30.8 Å². The molecule has 2 rings (SSSR count). The van der Waals surface area contributed by atoms with Gasteiger partial charge in [0, 0.05) is 18.5 Å². The summed E-state index contributed by atoms with van der Waals surface area (Å²) in [6.45, 7) is 6.16. The maximum atomic E-state index is 13.0. The SMILES string of the molecule is CC(C)CNCC1Cc2cc(F)ccc2O1. The van der Waals surface area contributed by atoms with Crippen molar-refractivity contribution in [2.45, 2.75) is 26.4 Å². The Balaban J connectivity index is 1.86. The van der Waals surface area contributed by atoms with Crippen LogP contribution in [0, 0.1) is 11.7 Å². The van der Waals surface area contributed by atoms with Gasteiger partial charge >= 0.3 is 0 Å². The van der Waals surface area contributed by atoms with Gasteiger partial charge in [0.2, 0.25) is 0 Å². The van der Waals surface area contributed by atoms with Gasteiger partial charge in [0.1, 0.15) is 17.7 Å². The van der Waals surface area contributed by atoms with Crippen LogP contribution in [0.1, 0.15) is 19.4 Å². The average Bonchev–Trinajstić information content (AvgIpc) is 2.58. The Bertz CT molecular complexity index is 365. The number of ether oxygens (including phenoxy) is 1. The van der Waals surface area contributed by atoms with Gasteiger partial charge in [-0.15, -0.1) is 0 Å². The van der Waals surface area contributed by atoms with Crippen molar-refractivity contribution in [2.24, 2.45) is 5.92 Å². The maximum absolute atomic E-state index is 13.0. The summed E-state index contributed by atoms with van der Waals surface area (Å²) < 4.78 is 18.7. The van der Waals surface area contributed by atoms with Gasteiger partial charge in [0.25, 0.3) is 0 Å². The van der Waals surface area contributed by atoms with Crippen molar-refractivity contribution in [3.8, 4) is 5.75 Å². The van der Waals surface area contributed by atoms with Gasteiger partial charge in [0.15, 0.2) is 0 Å². The molecule has 0 amide bonds. The van der Waals surface area contributed by atoms with Crippen LogP contribution in [0.2, 0.25) is 0 Å². The number of benzene rings is 1. The Hall–Kier alpha value is -1.09. The van der Waals surface area contributed by atoms with Crippen LogP contribution in [-0.4, -0.2) is 19.2 Å². The second-order valence-corrected chi connectivity index (χ2v) is 4.75. The highest BCUT2D eigenvalue weighted by Crippen LogP contribution is 2.28. The second-order valence-electron chi connectivity index (χ2n) is 4.75. The molecule has 1 aliphatic rings. The molecule has 1 atom stereocenters. The average molecular weight is 223 g/mol. The summed E-state index contributed by atoms with van der Waals surface area (Å²) in [5, 5.41) is 3.36. The fraction of sp³-hybridized carbons (Fsp3) is 0.538. The highest BCUT2D eigenvalue weighted by Gasteiger charge is 2.22. The van der Waals surface area contributed by atoms with E-state index >= 15 is 0 Å². The number of hydrogen-bond donors (Lipinski definition) is 1. The standard InChI is InChI=1S/C13H18FNO/c1-9(2)7-15-8-12-6-10-5-11(14)3-4-13(10)16-12/h3-5,9,12,15H,6-8H2,1-2H3. The lowest BCUT2D eigenvalue weighted by molar-refractivity contribution is 0.226. The third-order valence-electron chi connectivity index (χ3n) is 2.69. The van der Waals surface area contributed by atoms with E-state index in [2.05, 4.69) is 19.2 Å². The van der Waals surface area contributed by atoms with E-state index in [9.17, 15) is 4.39 Å². The van der Waals surface area contributed by atoms with Crippen LogP contribution in [0.5, 0.6) is 5.75 Å². The molecule has 1 unspecified atom stereocenters. The van der Waals surface area contributed by atoms with E-state index in [-0.39, 0.29) is 11.9 Å². The number of rotatable bonds is 4. The van der Waals surface area contributed by atoms with E-state index in [1.165, 1.54) is 6.07 Å². The van der Waals surface area contributed by atoms with Crippen LogP contribution in [0.4, 0.5) is 4.39 Å². The number of hydrogen-bond acceptors (Lipinski definition) is 2. The van der Waals surface area contributed by atoms with Crippen molar-refractivity contribution in [1.29, 1.82) is 0 Å². The van der Waals surface area contributed by atoms with E-state index in [1.807, 2.05) is 0 Å². The first-order valence-corrected chi connectivity index (χ1v) is 5.81. The van der Waals surface area contributed by atoms with Crippen LogP contribution in [-0.2, 0) is 6.42 Å². The van der Waals surface area contributed by atoms with Crippen LogP contribution >= 0.6 is 0 Å². The van der Waals surface area contributed by atoms with Crippen LogP contribution in [0.25, 0.3) is 0 Å². The molecule has 16 heavy (non-hydrogen) atoms. The zero-order valence-corrected chi connectivity index (χ0v) is 9.79. The molecule has 1 N–H and O–H groups in total. The fourth-order valence-electron chi connectivity index (χ4n) is 1.94. The highest BCUT2D eigenvalue weighted by molar-refractivity contribution is 5.37. The molecule has 0 spiro atoms. The quantitative estimate of drug-likeness (QED) is 0.846. The predicted molar refractivity (Wildman–Crippen MR) is 62.2 cm³/mol. The topological polar surface area (TPSA) is 21.3 Å². The Morgan fingerprint density at radius 1 is 1.50 bits per heavy atom. The summed E-state index contributed by atoms with van der Waals surface area (Å²) in [5.74, 6) is 1.29. The molecule has 1 aromatic rings. The summed E-state index contributed by atoms with van der Waals surface area (Å²) in [5.41, 5.74) is 0.983. The van der Waals surface area contributed by atoms with Gasteiger partial charge in [-0.05, 0) is 30.7 Å². The molecular weight excluding hydrogens is 205 g/mol. The number of fused-ring (bicyclic) bond motifs is 1. The molecule has 0 aromatic heterocycles. The first-order chi connectivity index (χ1) is 7.65. The Morgan fingerprint density at radius 3 is 3.06 bits per heavy atom. The summed E-state index contributed by atoms with van der Waals surface area (Å²) in [6.07, 6.45) is 0.952. The summed E-state index contributed by atoms with van der Waals surface area (Å²) in [4.78, 5) is 0. The van der Waals surface area contributed by atoms with Crippen LogP contribution in [0.15, 0.2) is 18.2 Å². The minimum Gasteiger partial charge on any atom is -0.488 e. The first kappa shape index (κ1) is 11.4. The van der Waals surface area contributed by atoms with E-state index in [4.69, 9.17) is 4.74 Å². The number of halogens is 1. The summed E-state index contributed by atoms with van der Waals surface area (Å²) in [7, 11) is 0. The molecular formula is C13H18FNO. The lowest BCUT2D eigenvalue weighted by Crippen LogP contribution is -2.32. The van der Waals surface area contributed by atoms with E-state index < -0.39 is 0 Å². The minimum absolute atomic E-state index is 0.149. The lowest BCUT2D eigenvalue weighted by atomic mass is 10.1. The fourth-order valence-corrected chi connectivity index (χ4v) is 1.94. The molecule has 0 fully saturated rings. The normalized spacial score (nSPS) is 18.6. The van der Waals surface area contributed by atoms with Gasteiger partial charge < -0.3 is 10.1 Å². The van der Waals surface area contributed by atoms with Crippen molar-refractivity contribution < 1.29 is 9.13 Å². The number of nitrogens with one attached hydrogen (secondary N) is 1. The van der Waals surface area contributed by atoms with Crippen molar-refractivity contribution in [1.82, 2.24) is 5.32 Å². The smallest absolute Gasteiger partial charge is 0.123 e. The van der Waals surface area contributed by atoms with Crippen molar-refractivity contribution in [2.75, 3.05) is 13.1 Å². The Morgan fingerprint density at radius 2 is 2.31 bits per heavy atom. The van der Waals surface area contributed by atoms with Crippen molar-refractivity contribution in [3.63, 3.8) is 0 Å². The molecule has 0 radical (unpaired) electrons.